The van der Waals surface area contributed by atoms with Crippen molar-refractivity contribution >= 4 is 35.4 Å². The van der Waals surface area contributed by atoms with E-state index in [1.807, 2.05) is 121 Å². The summed E-state index contributed by atoms with van der Waals surface area (Å²) < 4.78 is 18.4. The molecule has 6 amide bonds. The molecule has 17 heteroatoms. The monoisotopic (exact) mass is 1010 g/mol. The largest absolute Gasteiger partial charge is 0.418 e. The van der Waals surface area contributed by atoms with Crippen LogP contribution in [0.3, 0.4) is 0 Å². The summed E-state index contributed by atoms with van der Waals surface area (Å²) in [6.07, 6.45) is 6.98. The van der Waals surface area contributed by atoms with E-state index >= 15 is 0 Å². The Labute approximate surface area is 433 Å². The number of likely N-dealkylation sites (N-methyl/N-ethyl adjacent to an activating group) is 2. The van der Waals surface area contributed by atoms with Crippen LogP contribution in [0, 0.1) is 23.7 Å². The topological polar surface area (TPSA) is 197 Å². The fourth-order valence-electron chi connectivity index (χ4n) is 10.5. The molecule has 1 fully saturated rings. The number of likely N-dealkylation sites (tertiary alicyclic amines) is 1. The zero-order valence-electron chi connectivity index (χ0n) is 45.1. The number of methoxy groups -OCH3 is 2. The van der Waals surface area contributed by atoms with Crippen molar-refractivity contribution in [2.45, 2.75) is 149 Å². The van der Waals surface area contributed by atoms with E-state index < -0.39 is 48.3 Å². The molecule has 0 saturated carbocycles. The van der Waals surface area contributed by atoms with Crippen molar-refractivity contribution in [1.29, 1.82) is 0 Å². The Balaban J connectivity index is 1.23. The lowest BCUT2D eigenvalue weighted by Crippen LogP contribution is -2.60. The molecule has 5 rings (SSSR count). The average molecular weight is 1010 g/mol. The Hall–Kier alpha value is -5.78. The third-order valence-electron chi connectivity index (χ3n) is 14.8. The fraction of sp³-hybridized carbons (Fsp3) is 0.607. The second kappa shape index (κ2) is 28.0. The number of amides is 6. The number of hydrogen-bond donors (Lipinski definition) is 2. The van der Waals surface area contributed by atoms with Gasteiger partial charge in [-0.2, -0.15) is 0 Å². The van der Waals surface area contributed by atoms with Gasteiger partial charge in [0.1, 0.15) is 12.1 Å². The van der Waals surface area contributed by atoms with Gasteiger partial charge in [0.15, 0.2) is 0 Å². The molecule has 2 aromatic carbocycles. The number of ether oxygens (including phenoxy) is 2. The standard InChI is InChI=1S/C56H82N8O9/c1-12-38(6)50(62(9)56(70)48(36(2)3)58-53(69)49(37(4)5)61(8)31-21-13-14-22-32-64-45(65)29-30-46(64)66)44(71-10)35-47(67)63-33-23-28-43(63)51(72-11)39(7)52(68)57-42(34-40-24-17-15-18-25-40)55-60-59-54(73-55)41-26-19-16-20-27-41/h15-20,24-27,29-30,36-39,42-44,48-51H,12-14,21-23,28,31-35H2,1-11H3,(H,57,68)(H,58,69)/t38?,39?,42?,43-,44?,48?,49?,50?,51?/m0/s1. The molecule has 0 radical (unpaired) electrons. The number of benzene rings is 2. The van der Waals surface area contributed by atoms with E-state index in [1.54, 1.807) is 31.1 Å². The molecular formula is C56H82N8O9. The summed E-state index contributed by atoms with van der Waals surface area (Å²) in [7, 11) is 6.79. The molecule has 8 unspecified atom stereocenters. The van der Waals surface area contributed by atoms with Crippen molar-refractivity contribution in [3.63, 3.8) is 0 Å². The molecule has 2 N–H and O–H groups in total. The zero-order valence-corrected chi connectivity index (χ0v) is 45.1. The molecule has 17 nitrogen and oxygen atoms in total. The number of carbonyl (C=O) groups is 6. The van der Waals surface area contributed by atoms with E-state index in [9.17, 15) is 28.8 Å². The van der Waals surface area contributed by atoms with Crippen molar-refractivity contribution in [3.8, 4) is 11.5 Å². The Kier molecular flexibility index (Phi) is 22.3. The molecule has 2 aliphatic heterocycles. The lowest BCUT2D eigenvalue weighted by atomic mass is 9.89. The van der Waals surface area contributed by atoms with E-state index in [4.69, 9.17) is 13.9 Å². The van der Waals surface area contributed by atoms with E-state index in [2.05, 4.69) is 20.8 Å². The molecule has 0 bridgehead atoms. The van der Waals surface area contributed by atoms with Gasteiger partial charge in [0, 0.05) is 58.5 Å². The van der Waals surface area contributed by atoms with Crippen LogP contribution in [0.4, 0.5) is 0 Å². The van der Waals surface area contributed by atoms with Crippen LogP contribution in [0.15, 0.2) is 77.2 Å². The number of unbranched alkanes of at least 4 members (excludes halogenated alkanes) is 3. The Morgan fingerprint density at radius 3 is 2.05 bits per heavy atom. The Morgan fingerprint density at radius 1 is 0.808 bits per heavy atom. The molecule has 0 aliphatic carbocycles. The number of imide groups is 1. The third-order valence-corrected chi connectivity index (χ3v) is 14.8. The van der Waals surface area contributed by atoms with Gasteiger partial charge in [-0.05, 0) is 74.7 Å². The highest BCUT2D eigenvalue weighted by Gasteiger charge is 2.44. The summed E-state index contributed by atoms with van der Waals surface area (Å²) in [4.78, 5) is 88.3. The Bertz CT molecular complexity index is 2270. The summed E-state index contributed by atoms with van der Waals surface area (Å²) in [6, 6.07) is 16.3. The summed E-state index contributed by atoms with van der Waals surface area (Å²) in [5, 5.41) is 15.0. The normalized spacial score (nSPS) is 18.2. The van der Waals surface area contributed by atoms with Crippen LogP contribution < -0.4 is 10.6 Å². The minimum atomic E-state index is -0.839. The van der Waals surface area contributed by atoms with E-state index in [0.29, 0.717) is 51.2 Å². The highest BCUT2D eigenvalue weighted by Crippen LogP contribution is 2.31. The van der Waals surface area contributed by atoms with Crippen molar-refractivity contribution in [3.05, 3.63) is 84.3 Å². The third kappa shape index (κ3) is 15.4. The number of nitrogens with zero attached hydrogens (tertiary/aromatic N) is 6. The van der Waals surface area contributed by atoms with Crippen LogP contribution in [0.1, 0.15) is 117 Å². The van der Waals surface area contributed by atoms with Gasteiger partial charge in [-0.1, -0.05) is 116 Å². The number of hydrogen-bond acceptors (Lipinski definition) is 12. The van der Waals surface area contributed by atoms with Crippen LogP contribution in [0.25, 0.3) is 11.5 Å². The van der Waals surface area contributed by atoms with E-state index in [-0.39, 0.29) is 65.5 Å². The first-order chi connectivity index (χ1) is 34.9. The van der Waals surface area contributed by atoms with E-state index in [0.717, 1.165) is 36.8 Å². The van der Waals surface area contributed by atoms with Gasteiger partial charge in [-0.15, -0.1) is 10.2 Å². The first-order valence-corrected chi connectivity index (χ1v) is 26.3. The molecule has 1 saturated heterocycles. The van der Waals surface area contributed by atoms with E-state index in [1.165, 1.54) is 17.1 Å². The average Bonchev–Trinajstić information content (AvgIpc) is 4.15. The van der Waals surface area contributed by atoms with Crippen molar-refractivity contribution in [2.24, 2.45) is 23.7 Å². The quantitative estimate of drug-likeness (QED) is 0.0557. The second-order valence-electron chi connectivity index (χ2n) is 20.6. The van der Waals surface area contributed by atoms with Crippen molar-refractivity contribution in [1.82, 2.24) is 40.4 Å². The van der Waals surface area contributed by atoms with Gasteiger partial charge in [-0.3, -0.25) is 38.6 Å². The molecule has 1 aromatic heterocycles. The minimum absolute atomic E-state index is 0.0126. The van der Waals surface area contributed by atoms with Gasteiger partial charge >= 0.3 is 0 Å². The Morgan fingerprint density at radius 2 is 1.45 bits per heavy atom. The minimum Gasteiger partial charge on any atom is -0.418 e. The molecule has 400 valence electrons. The van der Waals surface area contributed by atoms with Crippen LogP contribution in [0.5, 0.6) is 0 Å². The van der Waals surface area contributed by atoms with Gasteiger partial charge in [0.2, 0.25) is 35.4 Å². The van der Waals surface area contributed by atoms with Gasteiger partial charge in [0.25, 0.3) is 11.8 Å². The highest BCUT2D eigenvalue weighted by molar-refractivity contribution is 6.12. The number of rotatable bonds is 29. The molecule has 9 atom stereocenters. The van der Waals surface area contributed by atoms with Crippen LogP contribution in [-0.4, -0.2) is 150 Å². The number of aromatic nitrogens is 2. The lowest BCUT2D eigenvalue weighted by molar-refractivity contribution is -0.148. The number of carbonyl (C=O) groups excluding carboxylic acids is 6. The summed E-state index contributed by atoms with van der Waals surface area (Å²) >= 11 is 0. The predicted molar refractivity (Wildman–Crippen MR) is 279 cm³/mol. The maximum absolute atomic E-state index is 14.7. The SMILES string of the molecule is CCC(C)C(C(CC(=O)N1CCC[C@H]1C(OC)C(C)C(=O)NC(Cc1ccccc1)c1nnc(-c2ccccc2)o1)OC)N(C)C(=O)C(NC(=O)C(C(C)C)N(C)CCCCCCN1C(=O)C=CC1=O)C(C)C. The molecule has 3 heterocycles. The molecule has 2 aliphatic rings. The van der Waals surface area contributed by atoms with Crippen LogP contribution in [0.2, 0.25) is 0 Å². The van der Waals surface area contributed by atoms with Crippen molar-refractivity contribution in [2.75, 3.05) is 47.9 Å². The number of nitrogens with one attached hydrogen (secondary N) is 2. The maximum Gasteiger partial charge on any atom is 0.253 e. The summed E-state index contributed by atoms with van der Waals surface area (Å²) in [5.74, 6) is -1.91. The zero-order chi connectivity index (χ0) is 53.4. The van der Waals surface area contributed by atoms with Gasteiger partial charge in [-0.25, -0.2) is 0 Å². The predicted octanol–water partition coefficient (Wildman–Crippen LogP) is 6.64. The van der Waals surface area contributed by atoms with Crippen LogP contribution in [-0.2, 0) is 44.7 Å². The highest BCUT2D eigenvalue weighted by atomic mass is 16.5. The first kappa shape index (κ1) is 58.1. The molecule has 73 heavy (non-hydrogen) atoms. The maximum atomic E-state index is 14.7. The smallest absolute Gasteiger partial charge is 0.253 e. The molecule has 3 aromatic rings. The van der Waals surface area contributed by atoms with Gasteiger partial charge < -0.3 is 34.3 Å². The summed E-state index contributed by atoms with van der Waals surface area (Å²) in [6.45, 7) is 15.2. The van der Waals surface area contributed by atoms with Crippen molar-refractivity contribution < 1.29 is 42.7 Å². The second-order valence-corrected chi connectivity index (χ2v) is 20.6. The van der Waals surface area contributed by atoms with Crippen LogP contribution >= 0.6 is 0 Å². The van der Waals surface area contributed by atoms with Gasteiger partial charge in [0.05, 0.1) is 42.7 Å². The molecular weight excluding hydrogens is 929 g/mol. The lowest BCUT2D eigenvalue weighted by Gasteiger charge is -2.41. The first-order valence-electron chi connectivity index (χ1n) is 26.3. The summed E-state index contributed by atoms with van der Waals surface area (Å²) in [5.41, 5.74) is 1.74. The fourth-order valence-corrected chi connectivity index (χ4v) is 10.5. The molecule has 0 spiro atoms.